The lowest BCUT2D eigenvalue weighted by Gasteiger charge is -1.98. The minimum absolute atomic E-state index is 0.226. The van der Waals surface area contributed by atoms with Crippen LogP contribution in [0.4, 0.5) is 0 Å². The van der Waals surface area contributed by atoms with Gasteiger partial charge in [0.25, 0.3) is 0 Å². The molecular formula is C7H14NO2. The second-order valence-corrected chi connectivity index (χ2v) is 2.14. The Hall–Kier alpha value is -0.570. The van der Waals surface area contributed by atoms with Gasteiger partial charge in [0.1, 0.15) is 0 Å². The minimum Gasteiger partial charge on any atom is -0.381 e. The highest BCUT2D eigenvalue weighted by Gasteiger charge is 1.93. The van der Waals surface area contributed by atoms with Crippen molar-refractivity contribution in [2.45, 2.75) is 26.2 Å². The van der Waals surface area contributed by atoms with Crippen LogP contribution in [0.15, 0.2) is 0 Å². The van der Waals surface area contributed by atoms with Crippen molar-refractivity contribution >= 4 is 5.91 Å². The molecule has 0 aromatic carbocycles. The lowest BCUT2D eigenvalue weighted by atomic mass is 10.4. The SMILES string of the molecule is CCCCOCCC([NH])=O. The standard InChI is InChI=1S/C7H14NO2/c1-2-3-5-10-6-4-7(8)9/h8H,2-6H2,1H3. The van der Waals surface area contributed by atoms with E-state index in [1.54, 1.807) is 0 Å². The predicted octanol–water partition coefficient (Wildman–Crippen LogP) is 1.00. The molecule has 0 fully saturated rings. The van der Waals surface area contributed by atoms with E-state index in [1.165, 1.54) is 0 Å². The van der Waals surface area contributed by atoms with Gasteiger partial charge in [-0.1, -0.05) is 13.3 Å². The Labute approximate surface area is 61.5 Å². The van der Waals surface area contributed by atoms with Gasteiger partial charge in [-0.15, -0.1) is 0 Å². The molecule has 0 saturated heterocycles. The highest BCUT2D eigenvalue weighted by molar-refractivity contribution is 5.72. The van der Waals surface area contributed by atoms with Crippen LogP contribution in [0.5, 0.6) is 0 Å². The summed E-state index contributed by atoms with van der Waals surface area (Å²) < 4.78 is 5.04. The van der Waals surface area contributed by atoms with Crippen molar-refractivity contribution in [1.82, 2.24) is 5.73 Å². The molecule has 1 N–H and O–H groups in total. The van der Waals surface area contributed by atoms with E-state index in [1.807, 2.05) is 0 Å². The van der Waals surface area contributed by atoms with E-state index in [4.69, 9.17) is 10.5 Å². The normalized spacial score (nSPS) is 9.70. The number of hydrogen-bond donors (Lipinski definition) is 0. The Bertz CT molecular complexity index is 93.6. The number of unbranched alkanes of at least 4 members (excludes halogenated alkanes) is 1. The summed E-state index contributed by atoms with van der Waals surface area (Å²) in [5.41, 5.74) is 6.54. The summed E-state index contributed by atoms with van der Waals surface area (Å²) in [4.78, 5) is 10.1. The first kappa shape index (κ1) is 9.43. The van der Waals surface area contributed by atoms with Crippen LogP contribution in [0.2, 0.25) is 0 Å². The van der Waals surface area contributed by atoms with E-state index in [0.717, 1.165) is 12.8 Å². The molecular weight excluding hydrogens is 130 g/mol. The molecule has 59 valence electrons. The lowest BCUT2D eigenvalue weighted by Crippen LogP contribution is -2.04. The van der Waals surface area contributed by atoms with E-state index in [2.05, 4.69) is 6.92 Å². The quantitative estimate of drug-likeness (QED) is 0.522. The van der Waals surface area contributed by atoms with Gasteiger partial charge in [-0.05, 0) is 6.42 Å². The van der Waals surface area contributed by atoms with Gasteiger partial charge in [0.2, 0.25) is 5.91 Å². The summed E-state index contributed by atoms with van der Waals surface area (Å²) in [6.07, 6.45) is 2.37. The first-order chi connectivity index (χ1) is 4.77. The molecule has 0 atom stereocenters. The van der Waals surface area contributed by atoms with Gasteiger partial charge in [0.15, 0.2) is 0 Å². The fraction of sp³-hybridized carbons (Fsp3) is 0.857. The maximum absolute atomic E-state index is 10.1. The van der Waals surface area contributed by atoms with Crippen molar-refractivity contribution < 1.29 is 9.53 Å². The molecule has 1 radical (unpaired) electrons. The molecule has 10 heavy (non-hydrogen) atoms. The second kappa shape index (κ2) is 6.55. The van der Waals surface area contributed by atoms with E-state index in [0.29, 0.717) is 13.2 Å². The molecule has 0 heterocycles. The molecule has 0 aliphatic heterocycles. The van der Waals surface area contributed by atoms with Crippen molar-refractivity contribution in [3.05, 3.63) is 0 Å². The van der Waals surface area contributed by atoms with E-state index < -0.39 is 5.91 Å². The largest absolute Gasteiger partial charge is 0.381 e. The number of ether oxygens (including phenoxy) is 1. The van der Waals surface area contributed by atoms with Gasteiger partial charge >= 0.3 is 0 Å². The molecule has 0 unspecified atom stereocenters. The molecule has 0 aromatic heterocycles. The highest BCUT2D eigenvalue weighted by Crippen LogP contribution is 1.88. The summed E-state index contributed by atoms with van der Waals surface area (Å²) in [5, 5.41) is 0. The van der Waals surface area contributed by atoms with Crippen molar-refractivity contribution in [3.63, 3.8) is 0 Å². The molecule has 0 aliphatic carbocycles. The van der Waals surface area contributed by atoms with Crippen LogP contribution >= 0.6 is 0 Å². The smallest absolute Gasteiger partial charge is 0.240 e. The molecule has 0 spiro atoms. The van der Waals surface area contributed by atoms with Gasteiger partial charge in [-0.25, -0.2) is 0 Å². The first-order valence-corrected chi connectivity index (χ1v) is 3.59. The fourth-order valence-corrected chi connectivity index (χ4v) is 0.513. The summed E-state index contributed by atoms with van der Waals surface area (Å²) in [5.74, 6) is -0.545. The summed E-state index contributed by atoms with van der Waals surface area (Å²) in [7, 11) is 0. The van der Waals surface area contributed by atoms with E-state index >= 15 is 0 Å². The number of carbonyl (C=O) groups is 1. The first-order valence-electron chi connectivity index (χ1n) is 3.59. The maximum atomic E-state index is 10.1. The Morgan fingerprint density at radius 3 is 2.70 bits per heavy atom. The zero-order valence-electron chi connectivity index (χ0n) is 6.35. The van der Waals surface area contributed by atoms with Crippen molar-refractivity contribution in [1.29, 1.82) is 0 Å². The number of rotatable bonds is 6. The van der Waals surface area contributed by atoms with Crippen LogP contribution < -0.4 is 5.73 Å². The molecule has 0 bridgehead atoms. The third-order valence-corrected chi connectivity index (χ3v) is 1.12. The van der Waals surface area contributed by atoms with Gasteiger partial charge in [-0.3, -0.25) is 10.5 Å². The summed E-state index contributed by atoms with van der Waals surface area (Å²) >= 11 is 0. The molecule has 3 nitrogen and oxygen atoms in total. The third kappa shape index (κ3) is 7.43. The van der Waals surface area contributed by atoms with Crippen LogP contribution in [0.25, 0.3) is 0 Å². The summed E-state index contributed by atoms with van der Waals surface area (Å²) in [6.45, 7) is 3.20. The van der Waals surface area contributed by atoms with Crippen molar-refractivity contribution in [2.75, 3.05) is 13.2 Å². The predicted molar refractivity (Wildman–Crippen MR) is 38.4 cm³/mol. The number of hydrogen-bond acceptors (Lipinski definition) is 2. The molecule has 0 saturated carbocycles. The Balaban J connectivity index is 2.84. The minimum atomic E-state index is -0.545. The van der Waals surface area contributed by atoms with Gasteiger partial charge in [0, 0.05) is 6.61 Å². The van der Waals surface area contributed by atoms with Crippen LogP contribution in [0, 0.1) is 0 Å². The molecule has 3 heteroatoms. The van der Waals surface area contributed by atoms with Gasteiger partial charge in [0.05, 0.1) is 13.0 Å². The molecule has 0 aromatic rings. The molecule has 1 amide bonds. The Morgan fingerprint density at radius 2 is 2.20 bits per heavy atom. The summed E-state index contributed by atoms with van der Waals surface area (Å²) in [6, 6.07) is 0. The highest BCUT2D eigenvalue weighted by atomic mass is 16.5. The molecule has 0 aliphatic rings. The molecule has 0 rings (SSSR count). The van der Waals surface area contributed by atoms with Crippen molar-refractivity contribution in [2.24, 2.45) is 0 Å². The fourth-order valence-electron chi connectivity index (χ4n) is 0.513. The Morgan fingerprint density at radius 1 is 1.50 bits per heavy atom. The average molecular weight is 144 g/mol. The number of amides is 1. The number of carbonyl (C=O) groups excluding carboxylic acids is 1. The topological polar surface area (TPSA) is 50.1 Å². The van der Waals surface area contributed by atoms with E-state index in [-0.39, 0.29) is 6.42 Å². The number of nitrogens with one attached hydrogen (secondary N) is 1. The monoisotopic (exact) mass is 144 g/mol. The van der Waals surface area contributed by atoms with Crippen molar-refractivity contribution in [3.8, 4) is 0 Å². The van der Waals surface area contributed by atoms with Gasteiger partial charge < -0.3 is 4.74 Å². The zero-order chi connectivity index (χ0) is 7.82. The zero-order valence-corrected chi connectivity index (χ0v) is 6.35. The van der Waals surface area contributed by atoms with Gasteiger partial charge in [-0.2, -0.15) is 0 Å². The van der Waals surface area contributed by atoms with Crippen LogP contribution in [-0.4, -0.2) is 19.1 Å². The third-order valence-electron chi connectivity index (χ3n) is 1.12. The average Bonchev–Trinajstić information content (AvgIpc) is 1.87. The lowest BCUT2D eigenvalue weighted by molar-refractivity contribution is -0.119. The van der Waals surface area contributed by atoms with Crippen LogP contribution in [-0.2, 0) is 9.53 Å². The maximum Gasteiger partial charge on any atom is 0.240 e. The van der Waals surface area contributed by atoms with Crippen LogP contribution in [0.3, 0.4) is 0 Å². The second-order valence-electron chi connectivity index (χ2n) is 2.14. The van der Waals surface area contributed by atoms with E-state index in [9.17, 15) is 4.79 Å². The Kier molecular flexibility index (Phi) is 6.18. The van der Waals surface area contributed by atoms with Crippen LogP contribution in [0.1, 0.15) is 26.2 Å².